The number of carbonyl (C=O) groups is 1. The van der Waals surface area contributed by atoms with Crippen LogP contribution in [0.15, 0.2) is 48.5 Å². The fraction of sp³-hybridized carbons (Fsp3) is 0.263. The molecule has 0 saturated carbocycles. The van der Waals surface area contributed by atoms with Crippen LogP contribution >= 0.6 is 0 Å². The van der Waals surface area contributed by atoms with Crippen molar-refractivity contribution in [3.63, 3.8) is 0 Å². The SMILES string of the molecule is CCc1ccc(NC(=O)C(C)n2nnc(-c3cccc(C(F)(F)F)c3)n2)cc1. The van der Waals surface area contributed by atoms with E-state index in [9.17, 15) is 18.0 Å². The molecular weight excluding hydrogens is 371 g/mol. The Morgan fingerprint density at radius 1 is 1.18 bits per heavy atom. The number of aromatic nitrogens is 4. The second-order valence-corrected chi connectivity index (χ2v) is 6.23. The van der Waals surface area contributed by atoms with Crippen molar-refractivity contribution in [2.75, 3.05) is 5.32 Å². The van der Waals surface area contributed by atoms with Crippen LogP contribution < -0.4 is 5.32 Å². The first-order valence-electron chi connectivity index (χ1n) is 8.65. The molecule has 2 aromatic carbocycles. The van der Waals surface area contributed by atoms with Gasteiger partial charge in [0.15, 0.2) is 0 Å². The predicted octanol–water partition coefficient (Wildman–Crippen LogP) is 4.12. The van der Waals surface area contributed by atoms with Crippen molar-refractivity contribution in [2.24, 2.45) is 0 Å². The molecule has 0 spiro atoms. The maximum absolute atomic E-state index is 12.9. The van der Waals surface area contributed by atoms with E-state index in [4.69, 9.17) is 0 Å². The average molecular weight is 389 g/mol. The van der Waals surface area contributed by atoms with Gasteiger partial charge in [-0.15, -0.1) is 10.2 Å². The van der Waals surface area contributed by atoms with Crippen molar-refractivity contribution in [2.45, 2.75) is 32.5 Å². The number of anilines is 1. The van der Waals surface area contributed by atoms with Gasteiger partial charge in [0.25, 0.3) is 5.91 Å². The van der Waals surface area contributed by atoms with Gasteiger partial charge in [0.2, 0.25) is 5.82 Å². The van der Waals surface area contributed by atoms with Crippen LogP contribution in [0.5, 0.6) is 0 Å². The zero-order valence-electron chi connectivity index (χ0n) is 15.2. The third-order valence-electron chi connectivity index (χ3n) is 4.23. The normalized spacial score (nSPS) is 12.6. The second kappa shape index (κ2) is 7.79. The maximum Gasteiger partial charge on any atom is 0.416 e. The van der Waals surface area contributed by atoms with Gasteiger partial charge >= 0.3 is 6.18 Å². The highest BCUT2D eigenvalue weighted by Gasteiger charge is 2.31. The Bertz CT molecular complexity index is 966. The smallest absolute Gasteiger partial charge is 0.324 e. The van der Waals surface area contributed by atoms with Gasteiger partial charge in [-0.05, 0) is 48.4 Å². The van der Waals surface area contributed by atoms with Crippen LogP contribution in [-0.2, 0) is 17.4 Å². The van der Waals surface area contributed by atoms with Gasteiger partial charge in [0.1, 0.15) is 6.04 Å². The molecule has 28 heavy (non-hydrogen) atoms. The number of amides is 1. The van der Waals surface area contributed by atoms with Crippen LogP contribution in [0.2, 0.25) is 0 Å². The first kappa shape index (κ1) is 19.5. The Morgan fingerprint density at radius 3 is 2.54 bits per heavy atom. The summed E-state index contributed by atoms with van der Waals surface area (Å²) in [5.74, 6) is -0.352. The number of alkyl halides is 3. The van der Waals surface area contributed by atoms with E-state index < -0.39 is 17.8 Å². The largest absolute Gasteiger partial charge is 0.416 e. The highest BCUT2D eigenvalue weighted by atomic mass is 19.4. The molecular formula is C19H18F3N5O. The van der Waals surface area contributed by atoms with Crippen LogP contribution in [0.4, 0.5) is 18.9 Å². The van der Waals surface area contributed by atoms with Crippen molar-refractivity contribution in [3.05, 3.63) is 59.7 Å². The molecule has 1 unspecified atom stereocenters. The molecule has 1 N–H and O–H groups in total. The highest BCUT2D eigenvalue weighted by Crippen LogP contribution is 2.31. The molecule has 3 rings (SSSR count). The van der Waals surface area contributed by atoms with E-state index in [1.165, 1.54) is 12.1 Å². The lowest BCUT2D eigenvalue weighted by Gasteiger charge is -2.11. The summed E-state index contributed by atoms with van der Waals surface area (Å²) in [6.45, 7) is 3.61. The van der Waals surface area contributed by atoms with Crippen molar-refractivity contribution in [3.8, 4) is 11.4 Å². The molecule has 0 aliphatic carbocycles. The summed E-state index contributed by atoms with van der Waals surface area (Å²) in [7, 11) is 0. The van der Waals surface area contributed by atoms with E-state index in [0.29, 0.717) is 5.69 Å². The molecule has 0 fully saturated rings. The summed E-state index contributed by atoms with van der Waals surface area (Å²) >= 11 is 0. The number of tetrazole rings is 1. The summed E-state index contributed by atoms with van der Waals surface area (Å²) in [5, 5.41) is 14.4. The number of nitrogens with zero attached hydrogens (tertiary/aromatic N) is 4. The Hall–Kier alpha value is -3.23. The van der Waals surface area contributed by atoms with E-state index in [0.717, 1.165) is 28.9 Å². The van der Waals surface area contributed by atoms with Crippen LogP contribution in [-0.4, -0.2) is 26.1 Å². The zero-order chi connectivity index (χ0) is 20.3. The first-order chi connectivity index (χ1) is 13.3. The van der Waals surface area contributed by atoms with Crippen LogP contribution in [0, 0.1) is 0 Å². The lowest BCUT2D eigenvalue weighted by molar-refractivity contribution is -0.137. The molecule has 6 nitrogen and oxygen atoms in total. The monoisotopic (exact) mass is 389 g/mol. The molecule has 1 heterocycles. The van der Waals surface area contributed by atoms with E-state index in [2.05, 4.69) is 20.7 Å². The van der Waals surface area contributed by atoms with Crippen molar-refractivity contribution < 1.29 is 18.0 Å². The van der Waals surface area contributed by atoms with Crippen LogP contribution in [0.3, 0.4) is 0 Å². The molecule has 0 bridgehead atoms. The zero-order valence-corrected chi connectivity index (χ0v) is 15.2. The van der Waals surface area contributed by atoms with Crippen molar-refractivity contribution in [1.82, 2.24) is 20.2 Å². The molecule has 1 amide bonds. The average Bonchev–Trinajstić information content (AvgIpc) is 3.17. The van der Waals surface area contributed by atoms with E-state index in [1.54, 1.807) is 19.1 Å². The van der Waals surface area contributed by atoms with Crippen LogP contribution in [0.25, 0.3) is 11.4 Å². The van der Waals surface area contributed by atoms with Gasteiger partial charge < -0.3 is 5.32 Å². The Balaban J connectivity index is 1.74. The molecule has 0 aliphatic heterocycles. The molecule has 0 saturated heterocycles. The summed E-state index contributed by atoms with van der Waals surface area (Å²) in [6, 6.07) is 11.3. The summed E-state index contributed by atoms with van der Waals surface area (Å²) in [5.41, 5.74) is 1.15. The number of halogens is 3. The fourth-order valence-electron chi connectivity index (χ4n) is 2.51. The summed E-state index contributed by atoms with van der Waals surface area (Å²) in [6.07, 6.45) is -3.57. The number of nitrogens with one attached hydrogen (secondary N) is 1. The van der Waals surface area contributed by atoms with Gasteiger partial charge in [-0.1, -0.05) is 31.2 Å². The second-order valence-electron chi connectivity index (χ2n) is 6.23. The van der Waals surface area contributed by atoms with Crippen LogP contribution in [0.1, 0.15) is 31.0 Å². The minimum Gasteiger partial charge on any atom is -0.324 e. The van der Waals surface area contributed by atoms with Gasteiger partial charge in [-0.25, -0.2) is 0 Å². The van der Waals surface area contributed by atoms with E-state index >= 15 is 0 Å². The molecule has 0 radical (unpaired) electrons. The van der Waals surface area contributed by atoms with Crippen molar-refractivity contribution in [1.29, 1.82) is 0 Å². The predicted molar refractivity (Wildman–Crippen MR) is 97.4 cm³/mol. The van der Waals surface area contributed by atoms with Crippen molar-refractivity contribution >= 4 is 11.6 Å². The molecule has 1 aromatic heterocycles. The summed E-state index contributed by atoms with van der Waals surface area (Å²) < 4.78 is 38.6. The van der Waals surface area contributed by atoms with Gasteiger partial charge in [-0.2, -0.15) is 18.0 Å². The third-order valence-corrected chi connectivity index (χ3v) is 4.23. The Kier molecular flexibility index (Phi) is 5.43. The van der Waals surface area contributed by atoms with E-state index in [1.807, 2.05) is 19.1 Å². The molecule has 9 heteroatoms. The molecule has 146 valence electrons. The number of aryl methyl sites for hydroxylation is 1. The van der Waals surface area contributed by atoms with E-state index in [-0.39, 0.29) is 17.3 Å². The minimum absolute atomic E-state index is 0.0121. The number of carbonyl (C=O) groups excluding carboxylic acids is 1. The molecule has 3 aromatic rings. The number of rotatable bonds is 5. The summed E-state index contributed by atoms with van der Waals surface area (Å²) in [4.78, 5) is 13.5. The highest BCUT2D eigenvalue weighted by molar-refractivity contribution is 5.93. The lowest BCUT2D eigenvalue weighted by Crippen LogP contribution is -2.25. The lowest BCUT2D eigenvalue weighted by atomic mass is 10.1. The minimum atomic E-state index is -4.47. The first-order valence-corrected chi connectivity index (χ1v) is 8.65. The number of hydrogen-bond donors (Lipinski definition) is 1. The molecule has 0 aliphatic rings. The van der Waals surface area contributed by atoms with Gasteiger partial charge in [-0.3, -0.25) is 4.79 Å². The van der Waals surface area contributed by atoms with Gasteiger partial charge in [0.05, 0.1) is 5.56 Å². The number of hydrogen-bond acceptors (Lipinski definition) is 4. The third kappa shape index (κ3) is 4.36. The number of benzene rings is 2. The quantitative estimate of drug-likeness (QED) is 0.712. The molecule has 1 atom stereocenters. The topological polar surface area (TPSA) is 72.7 Å². The standard InChI is InChI=1S/C19H18F3N5O/c1-3-13-7-9-16(10-8-13)23-18(28)12(2)27-25-17(24-26-27)14-5-4-6-15(11-14)19(20,21)22/h4-12H,3H2,1-2H3,(H,23,28). The Labute approximate surface area is 159 Å². The fourth-order valence-corrected chi connectivity index (χ4v) is 2.51. The Morgan fingerprint density at radius 2 is 1.89 bits per heavy atom. The maximum atomic E-state index is 12.9. The van der Waals surface area contributed by atoms with Gasteiger partial charge in [0, 0.05) is 11.3 Å².